The van der Waals surface area contributed by atoms with Crippen LogP contribution in [0, 0.1) is 12.3 Å². The summed E-state index contributed by atoms with van der Waals surface area (Å²) >= 11 is 0. The summed E-state index contributed by atoms with van der Waals surface area (Å²) in [7, 11) is 1.55. The highest BCUT2D eigenvalue weighted by Gasteiger charge is 2.43. The van der Waals surface area contributed by atoms with Gasteiger partial charge in [0.1, 0.15) is 24.9 Å². The molecule has 3 aromatic rings. The van der Waals surface area contributed by atoms with Gasteiger partial charge < -0.3 is 24.4 Å². The van der Waals surface area contributed by atoms with Crippen LogP contribution < -0.4 is 14.8 Å². The van der Waals surface area contributed by atoms with Gasteiger partial charge in [0.15, 0.2) is 11.5 Å². The molecule has 8 nitrogen and oxygen atoms in total. The molecule has 0 radical (unpaired) electrons. The number of halogens is 3. The number of nitrogens with one attached hydrogen (secondary N) is 1. The molecular weight excluding hydrogens is 489 g/mol. The first-order chi connectivity index (χ1) is 17.8. The Morgan fingerprint density at radius 2 is 1.95 bits per heavy atom. The number of carbonyl (C=O) groups is 1. The molecule has 2 heterocycles. The number of piperidine rings is 1. The van der Waals surface area contributed by atoms with Crippen molar-refractivity contribution in [1.29, 1.82) is 0 Å². The Morgan fingerprint density at radius 1 is 1.16 bits per heavy atom. The van der Waals surface area contributed by atoms with Crippen LogP contribution in [0.4, 0.5) is 24.7 Å². The molecular formula is C26H25F3N4O4. The minimum absolute atomic E-state index is 0.0576. The van der Waals surface area contributed by atoms with Gasteiger partial charge >= 0.3 is 12.1 Å². The van der Waals surface area contributed by atoms with E-state index in [0.717, 1.165) is 10.6 Å². The zero-order valence-corrected chi connectivity index (χ0v) is 20.0. The summed E-state index contributed by atoms with van der Waals surface area (Å²) in [5, 5.41) is 3.89. The van der Waals surface area contributed by atoms with Crippen LogP contribution in [-0.2, 0) is 9.53 Å². The lowest BCUT2D eigenvalue weighted by Gasteiger charge is -2.32. The summed E-state index contributed by atoms with van der Waals surface area (Å²) in [6.45, 7) is 0.485. The van der Waals surface area contributed by atoms with E-state index in [1.807, 2.05) is 24.3 Å². The van der Waals surface area contributed by atoms with Crippen molar-refractivity contribution in [2.24, 2.45) is 0 Å². The van der Waals surface area contributed by atoms with Crippen molar-refractivity contribution in [3.63, 3.8) is 0 Å². The molecule has 1 amide bonds. The average Bonchev–Trinajstić information content (AvgIpc) is 2.89. The van der Waals surface area contributed by atoms with E-state index in [9.17, 15) is 18.0 Å². The largest absolute Gasteiger partial charge is 0.487 e. The minimum atomic E-state index is -4.89. The quantitative estimate of drug-likeness (QED) is 0.354. The molecule has 37 heavy (non-hydrogen) atoms. The van der Waals surface area contributed by atoms with Crippen molar-refractivity contribution < 1.29 is 32.2 Å². The third-order valence-corrected chi connectivity index (χ3v) is 5.80. The van der Waals surface area contributed by atoms with Crippen LogP contribution in [0.1, 0.15) is 18.4 Å². The SMILES string of the molecule is C#Cc1cccc(Nc2ncnc3cc(OCCOC)c(OC4CCN(C(=O)C(F)(F)F)CC4)cc23)c1. The molecule has 1 N–H and O–H groups in total. The molecule has 1 fully saturated rings. The number of alkyl halides is 3. The van der Waals surface area contributed by atoms with E-state index < -0.39 is 18.2 Å². The molecule has 1 aromatic heterocycles. The summed E-state index contributed by atoms with van der Waals surface area (Å²) < 4.78 is 55.5. The number of anilines is 2. The second-order valence-corrected chi connectivity index (χ2v) is 8.34. The van der Waals surface area contributed by atoms with E-state index in [0.29, 0.717) is 40.4 Å². The molecule has 2 aromatic carbocycles. The van der Waals surface area contributed by atoms with Crippen LogP contribution in [0.3, 0.4) is 0 Å². The normalized spacial score (nSPS) is 14.3. The summed E-state index contributed by atoms with van der Waals surface area (Å²) in [6, 6.07) is 10.7. The van der Waals surface area contributed by atoms with Crippen LogP contribution >= 0.6 is 0 Å². The lowest BCUT2D eigenvalue weighted by atomic mass is 10.1. The number of hydrogen-bond donors (Lipinski definition) is 1. The maximum Gasteiger partial charge on any atom is 0.471 e. The van der Waals surface area contributed by atoms with Gasteiger partial charge in [0.05, 0.1) is 12.1 Å². The third kappa shape index (κ3) is 6.40. The first-order valence-corrected chi connectivity index (χ1v) is 11.6. The number of ether oxygens (including phenoxy) is 3. The maximum atomic E-state index is 12.8. The zero-order chi connectivity index (χ0) is 26.4. The molecule has 0 saturated carbocycles. The van der Waals surface area contributed by atoms with Crippen LogP contribution in [0.5, 0.6) is 11.5 Å². The van der Waals surface area contributed by atoms with Crippen molar-refractivity contribution in [3.05, 3.63) is 48.3 Å². The number of benzene rings is 2. The number of fused-ring (bicyclic) bond motifs is 1. The van der Waals surface area contributed by atoms with Crippen molar-refractivity contribution in [2.45, 2.75) is 25.1 Å². The van der Waals surface area contributed by atoms with Gasteiger partial charge in [-0.3, -0.25) is 4.79 Å². The maximum absolute atomic E-state index is 12.8. The van der Waals surface area contributed by atoms with E-state index in [1.54, 1.807) is 19.2 Å². The minimum Gasteiger partial charge on any atom is -0.487 e. The van der Waals surface area contributed by atoms with Crippen molar-refractivity contribution in [2.75, 3.05) is 38.7 Å². The molecule has 1 aliphatic heterocycles. The first kappa shape index (κ1) is 26.0. The fourth-order valence-corrected chi connectivity index (χ4v) is 3.96. The van der Waals surface area contributed by atoms with E-state index in [2.05, 4.69) is 21.2 Å². The molecule has 0 unspecified atom stereocenters. The van der Waals surface area contributed by atoms with Gasteiger partial charge in [-0.15, -0.1) is 6.42 Å². The molecule has 4 rings (SSSR count). The fraction of sp³-hybridized carbons (Fsp3) is 0.346. The van der Waals surface area contributed by atoms with Gasteiger partial charge in [-0.05, 0) is 24.3 Å². The highest BCUT2D eigenvalue weighted by molar-refractivity contribution is 5.93. The highest BCUT2D eigenvalue weighted by Crippen LogP contribution is 2.36. The van der Waals surface area contributed by atoms with Gasteiger partial charge in [-0.25, -0.2) is 9.97 Å². The molecule has 0 aliphatic carbocycles. The number of rotatable bonds is 8. The zero-order valence-electron chi connectivity index (χ0n) is 20.0. The molecule has 0 bridgehead atoms. The van der Waals surface area contributed by atoms with Gasteiger partial charge in [0, 0.05) is 55.7 Å². The number of terminal acetylenes is 1. The topological polar surface area (TPSA) is 85.8 Å². The van der Waals surface area contributed by atoms with Gasteiger partial charge in [-0.2, -0.15) is 13.2 Å². The van der Waals surface area contributed by atoms with Gasteiger partial charge in [0.2, 0.25) is 0 Å². The number of aromatic nitrogens is 2. The Hall–Kier alpha value is -4.04. The molecule has 1 aliphatic rings. The van der Waals surface area contributed by atoms with Crippen LogP contribution in [0.25, 0.3) is 10.9 Å². The second-order valence-electron chi connectivity index (χ2n) is 8.34. The summed E-state index contributed by atoms with van der Waals surface area (Å²) in [5.41, 5.74) is 2.03. The Labute approximate surface area is 211 Å². The lowest BCUT2D eigenvalue weighted by Crippen LogP contribution is -2.47. The number of likely N-dealkylation sites (tertiary alicyclic amines) is 1. The Kier molecular flexibility index (Phi) is 7.98. The van der Waals surface area contributed by atoms with E-state index in [4.69, 9.17) is 20.6 Å². The summed E-state index contributed by atoms with van der Waals surface area (Å²) in [6.07, 6.45) is 2.11. The number of carbonyl (C=O) groups excluding carboxylic acids is 1. The number of methoxy groups -OCH3 is 1. The molecule has 11 heteroatoms. The molecule has 1 saturated heterocycles. The average molecular weight is 515 g/mol. The molecule has 194 valence electrons. The smallest absolute Gasteiger partial charge is 0.471 e. The number of nitrogens with zero attached hydrogens (tertiary/aromatic N) is 3. The van der Waals surface area contributed by atoms with E-state index >= 15 is 0 Å². The number of amides is 1. The molecule has 0 spiro atoms. The standard InChI is InChI=1S/C26H25F3N4O4/c1-3-17-5-4-6-18(13-17)32-24-20-14-23(22(36-12-11-35-2)15-21(20)30-16-31-24)37-19-7-9-33(10-8-19)25(34)26(27,28)29/h1,4-6,13-16,19H,7-12H2,2H3,(H,30,31,32). The van der Waals surface area contributed by atoms with Crippen molar-refractivity contribution in [3.8, 4) is 23.8 Å². The summed E-state index contributed by atoms with van der Waals surface area (Å²) in [4.78, 5) is 21.1. The van der Waals surface area contributed by atoms with E-state index in [1.165, 1.54) is 6.33 Å². The Morgan fingerprint density at radius 3 is 2.65 bits per heavy atom. The van der Waals surface area contributed by atoms with Gasteiger partial charge in [0.25, 0.3) is 0 Å². The van der Waals surface area contributed by atoms with Crippen LogP contribution in [0.15, 0.2) is 42.7 Å². The predicted molar refractivity (Wildman–Crippen MR) is 131 cm³/mol. The second kappa shape index (κ2) is 11.3. The Bertz CT molecular complexity index is 1300. The molecule has 0 atom stereocenters. The fourth-order valence-electron chi connectivity index (χ4n) is 3.96. The van der Waals surface area contributed by atoms with Gasteiger partial charge in [-0.1, -0.05) is 12.0 Å². The lowest BCUT2D eigenvalue weighted by molar-refractivity contribution is -0.187. The van der Waals surface area contributed by atoms with Crippen LogP contribution in [-0.4, -0.2) is 66.5 Å². The highest BCUT2D eigenvalue weighted by atomic mass is 19.4. The summed E-state index contributed by atoms with van der Waals surface area (Å²) in [5.74, 6) is 2.07. The van der Waals surface area contributed by atoms with E-state index in [-0.39, 0.29) is 32.5 Å². The van der Waals surface area contributed by atoms with Crippen molar-refractivity contribution >= 4 is 28.3 Å². The first-order valence-electron chi connectivity index (χ1n) is 11.6. The van der Waals surface area contributed by atoms with Crippen LogP contribution in [0.2, 0.25) is 0 Å². The van der Waals surface area contributed by atoms with Crippen molar-refractivity contribution in [1.82, 2.24) is 14.9 Å². The Balaban J connectivity index is 1.59. The number of hydrogen-bond acceptors (Lipinski definition) is 7. The third-order valence-electron chi connectivity index (χ3n) is 5.80. The predicted octanol–water partition coefficient (Wildman–Crippen LogP) is 4.31. The monoisotopic (exact) mass is 514 g/mol.